The molecule has 1 saturated heterocycles. The smallest absolute Gasteiger partial charge is 0.170 e. The van der Waals surface area contributed by atoms with Crippen LogP contribution in [0.25, 0.3) is 5.69 Å². The summed E-state index contributed by atoms with van der Waals surface area (Å²) in [5.41, 5.74) is 2.22. The second kappa shape index (κ2) is 7.61. The van der Waals surface area contributed by atoms with E-state index in [1.165, 1.54) is 12.0 Å². The lowest BCUT2D eigenvalue weighted by molar-refractivity contribution is 0.307. The van der Waals surface area contributed by atoms with Gasteiger partial charge in [0.25, 0.3) is 0 Å². The van der Waals surface area contributed by atoms with Crippen LogP contribution in [0.5, 0.6) is 0 Å². The summed E-state index contributed by atoms with van der Waals surface area (Å²) in [4.78, 5) is 6.79. The highest BCUT2D eigenvalue weighted by atomic mass is 15.5. The minimum atomic E-state index is 0.610. The standard InChI is InChI=1S/C19H23N7/c1-15-7-9-20-18(11-15)21-12-16-8-10-25(13-16)14-19-22-23-24-26(19)17-5-3-2-4-6-17/h2-7,9,11,16H,8,10,12-14H2,1H3,(H,20,21). The molecule has 134 valence electrons. The number of hydrogen-bond donors (Lipinski definition) is 1. The van der Waals surface area contributed by atoms with E-state index in [0.717, 1.165) is 43.5 Å². The van der Waals surface area contributed by atoms with Gasteiger partial charge >= 0.3 is 0 Å². The number of likely N-dealkylation sites (tertiary alicyclic amines) is 1. The Balaban J connectivity index is 1.33. The summed E-state index contributed by atoms with van der Waals surface area (Å²) in [5, 5.41) is 15.7. The van der Waals surface area contributed by atoms with Crippen LogP contribution in [-0.2, 0) is 6.54 Å². The van der Waals surface area contributed by atoms with Gasteiger partial charge in [0.2, 0.25) is 0 Å². The first-order chi connectivity index (χ1) is 12.8. The van der Waals surface area contributed by atoms with Crippen LogP contribution in [0.1, 0.15) is 17.8 Å². The molecular formula is C19H23N7. The first kappa shape index (κ1) is 16.7. The summed E-state index contributed by atoms with van der Waals surface area (Å²) in [6.45, 7) is 5.90. The Labute approximate surface area is 153 Å². The number of rotatable bonds is 6. The van der Waals surface area contributed by atoms with E-state index in [-0.39, 0.29) is 0 Å². The van der Waals surface area contributed by atoms with Gasteiger partial charge < -0.3 is 5.32 Å². The molecule has 0 saturated carbocycles. The number of nitrogens with one attached hydrogen (secondary N) is 1. The molecule has 26 heavy (non-hydrogen) atoms. The maximum absolute atomic E-state index is 4.37. The number of nitrogens with zero attached hydrogens (tertiary/aromatic N) is 6. The second-order valence-electron chi connectivity index (χ2n) is 6.83. The van der Waals surface area contributed by atoms with Gasteiger partial charge in [-0.2, -0.15) is 4.68 Å². The van der Waals surface area contributed by atoms with Crippen LogP contribution in [-0.4, -0.2) is 49.7 Å². The van der Waals surface area contributed by atoms with Gasteiger partial charge in [0.1, 0.15) is 5.82 Å². The zero-order chi connectivity index (χ0) is 17.8. The maximum Gasteiger partial charge on any atom is 0.170 e. The quantitative estimate of drug-likeness (QED) is 0.736. The van der Waals surface area contributed by atoms with E-state index in [4.69, 9.17) is 0 Å². The molecule has 1 fully saturated rings. The molecule has 0 spiro atoms. The van der Waals surface area contributed by atoms with Gasteiger partial charge in [-0.1, -0.05) is 18.2 Å². The monoisotopic (exact) mass is 349 g/mol. The molecular weight excluding hydrogens is 326 g/mol. The molecule has 0 amide bonds. The van der Waals surface area contributed by atoms with E-state index in [0.29, 0.717) is 5.92 Å². The zero-order valence-corrected chi connectivity index (χ0v) is 14.9. The van der Waals surface area contributed by atoms with Crippen LogP contribution in [0, 0.1) is 12.8 Å². The molecule has 1 aliphatic rings. The molecule has 2 aromatic heterocycles. The largest absolute Gasteiger partial charge is 0.370 e. The van der Waals surface area contributed by atoms with Gasteiger partial charge in [-0.3, -0.25) is 4.90 Å². The number of aryl methyl sites for hydroxylation is 1. The van der Waals surface area contributed by atoms with Crippen LogP contribution in [0.4, 0.5) is 5.82 Å². The number of aromatic nitrogens is 5. The lowest BCUT2D eigenvalue weighted by Crippen LogP contribution is -2.24. The molecule has 0 aliphatic carbocycles. The fraction of sp³-hybridized carbons (Fsp3) is 0.368. The van der Waals surface area contributed by atoms with Crippen molar-refractivity contribution in [3.63, 3.8) is 0 Å². The predicted octanol–water partition coefficient (Wildman–Crippen LogP) is 2.30. The molecule has 4 rings (SSSR count). The Morgan fingerprint density at radius 3 is 2.92 bits per heavy atom. The molecule has 0 bridgehead atoms. The van der Waals surface area contributed by atoms with Crippen molar-refractivity contribution in [1.82, 2.24) is 30.1 Å². The van der Waals surface area contributed by atoms with Crippen molar-refractivity contribution in [2.75, 3.05) is 25.0 Å². The summed E-state index contributed by atoms with van der Waals surface area (Å²) < 4.78 is 1.82. The van der Waals surface area contributed by atoms with Crippen LogP contribution in [0.2, 0.25) is 0 Å². The molecule has 7 nitrogen and oxygen atoms in total. The molecule has 1 unspecified atom stereocenters. The van der Waals surface area contributed by atoms with Crippen LogP contribution < -0.4 is 5.32 Å². The van der Waals surface area contributed by atoms with Crippen LogP contribution in [0.3, 0.4) is 0 Å². The van der Waals surface area contributed by atoms with Crippen molar-refractivity contribution in [2.24, 2.45) is 5.92 Å². The molecule has 1 aromatic carbocycles. The first-order valence-corrected chi connectivity index (χ1v) is 8.99. The molecule has 1 atom stereocenters. The Morgan fingerprint density at radius 1 is 1.19 bits per heavy atom. The van der Waals surface area contributed by atoms with Crippen molar-refractivity contribution in [3.05, 3.63) is 60.0 Å². The average molecular weight is 349 g/mol. The molecule has 3 heterocycles. The van der Waals surface area contributed by atoms with E-state index >= 15 is 0 Å². The number of hydrogen-bond acceptors (Lipinski definition) is 6. The zero-order valence-electron chi connectivity index (χ0n) is 14.9. The lowest BCUT2D eigenvalue weighted by atomic mass is 10.1. The highest BCUT2D eigenvalue weighted by Crippen LogP contribution is 2.19. The van der Waals surface area contributed by atoms with E-state index < -0.39 is 0 Å². The van der Waals surface area contributed by atoms with Crippen molar-refractivity contribution in [1.29, 1.82) is 0 Å². The van der Waals surface area contributed by atoms with Crippen molar-refractivity contribution >= 4 is 5.82 Å². The molecule has 3 aromatic rings. The Bertz CT molecular complexity index is 846. The summed E-state index contributed by atoms with van der Waals surface area (Å²) in [6, 6.07) is 14.1. The van der Waals surface area contributed by atoms with Gasteiger partial charge in [0, 0.05) is 19.3 Å². The third-order valence-corrected chi connectivity index (χ3v) is 4.76. The number of benzene rings is 1. The number of para-hydroxylation sites is 1. The van der Waals surface area contributed by atoms with E-state index in [1.807, 2.05) is 47.3 Å². The average Bonchev–Trinajstić information content (AvgIpc) is 3.31. The SMILES string of the molecule is Cc1ccnc(NCC2CCN(Cc3nnnn3-c3ccccc3)C2)c1. The third-order valence-electron chi connectivity index (χ3n) is 4.76. The van der Waals surface area contributed by atoms with Gasteiger partial charge in [0.05, 0.1) is 12.2 Å². The van der Waals surface area contributed by atoms with Crippen LogP contribution in [0.15, 0.2) is 48.7 Å². The fourth-order valence-electron chi connectivity index (χ4n) is 3.38. The molecule has 0 radical (unpaired) electrons. The Hall–Kier alpha value is -2.80. The summed E-state index contributed by atoms with van der Waals surface area (Å²) >= 11 is 0. The summed E-state index contributed by atoms with van der Waals surface area (Å²) in [7, 11) is 0. The lowest BCUT2D eigenvalue weighted by Gasteiger charge is -2.16. The van der Waals surface area contributed by atoms with E-state index in [9.17, 15) is 0 Å². The highest BCUT2D eigenvalue weighted by Gasteiger charge is 2.24. The molecule has 1 aliphatic heterocycles. The van der Waals surface area contributed by atoms with Crippen LogP contribution >= 0.6 is 0 Å². The fourth-order valence-corrected chi connectivity index (χ4v) is 3.38. The van der Waals surface area contributed by atoms with E-state index in [2.05, 4.69) is 43.7 Å². The predicted molar refractivity (Wildman–Crippen MR) is 100 cm³/mol. The van der Waals surface area contributed by atoms with Gasteiger partial charge in [-0.05, 0) is 66.1 Å². The van der Waals surface area contributed by atoms with E-state index in [1.54, 1.807) is 0 Å². The Kier molecular flexibility index (Phi) is 4.88. The molecule has 7 heteroatoms. The minimum Gasteiger partial charge on any atom is -0.370 e. The first-order valence-electron chi connectivity index (χ1n) is 8.99. The summed E-state index contributed by atoms with van der Waals surface area (Å²) in [6.07, 6.45) is 3.02. The third kappa shape index (κ3) is 3.88. The van der Waals surface area contributed by atoms with Crippen molar-refractivity contribution < 1.29 is 0 Å². The normalized spacial score (nSPS) is 17.5. The van der Waals surface area contributed by atoms with Crippen molar-refractivity contribution in [3.8, 4) is 5.69 Å². The van der Waals surface area contributed by atoms with Gasteiger partial charge in [0.15, 0.2) is 5.82 Å². The minimum absolute atomic E-state index is 0.610. The maximum atomic E-state index is 4.37. The second-order valence-corrected chi connectivity index (χ2v) is 6.83. The highest BCUT2D eigenvalue weighted by molar-refractivity contribution is 5.37. The van der Waals surface area contributed by atoms with Gasteiger partial charge in [-0.25, -0.2) is 4.98 Å². The van der Waals surface area contributed by atoms with Crippen molar-refractivity contribution in [2.45, 2.75) is 19.9 Å². The number of pyridine rings is 1. The number of tetrazole rings is 1. The summed E-state index contributed by atoms with van der Waals surface area (Å²) in [5.74, 6) is 2.44. The number of anilines is 1. The molecule has 1 N–H and O–H groups in total. The topological polar surface area (TPSA) is 71.8 Å². The van der Waals surface area contributed by atoms with Gasteiger partial charge in [-0.15, -0.1) is 5.10 Å². The Morgan fingerprint density at radius 2 is 2.08 bits per heavy atom.